The maximum Gasteiger partial charge on any atom is 0.360 e. The van der Waals surface area contributed by atoms with Crippen molar-refractivity contribution in [3.8, 4) is 5.75 Å². The Morgan fingerprint density at radius 3 is 3.20 bits per heavy atom. The summed E-state index contributed by atoms with van der Waals surface area (Å²) < 4.78 is 4.76. The van der Waals surface area contributed by atoms with Gasteiger partial charge in [-0.25, -0.2) is 9.78 Å². The number of nitrogens with zero attached hydrogens (tertiary/aromatic N) is 1. The number of fused-ring (bicyclic) bond motifs is 1. The molecular weight excluding hydrogens is 196 g/mol. The van der Waals surface area contributed by atoms with Gasteiger partial charge in [0.2, 0.25) is 0 Å². The molecule has 0 saturated carbocycles. The van der Waals surface area contributed by atoms with Crippen molar-refractivity contribution in [2.24, 2.45) is 0 Å². The second-order valence-electron chi connectivity index (χ2n) is 2.99. The molecule has 2 aromatic rings. The minimum absolute atomic E-state index is 0.0519. The summed E-state index contributed by atoms with van der Waals surface area (Å²) in [6.45, 7) is 1.95. The summed E-state index contributed by atoms with van der Waals surface area (Å²) in [5.41, 5.74) is 1.25. The lowest BCUT2D eigenvalue weighted by atomic mass is 10.3. The fourth-order valence-electron chi connectivity index (χ4n) is 1.32. The molecule has 0 aliphatic carbocycles. The first-order valence-electron chi connectivity index (χ1n) is 4.56. The van der Waals surface area contributed by atoms with E-state index in [9.17, 15) is 9.90 Å². The topological polar surface area (TPSA) is 75.2 Å². The first-order valence-corrected chi connectivity index (χ1v) is 4.56. The molecule has 78 valence electrons. The Morgan fingerprint density at radius 2 is 2.47 bits per heavy atom. The molecule has 0 aliphatic heterocycles. The van der Waals surface area contributed by atoms with Crippen LogP contribution in [0.1, 0.15) is 17.4 Å². The quantitative estimate of drug-likeness (QED) is 0.729. The smallest absolute Gasteiger partial charge is 0.360 e. The number of hydrogen-bond acceptors (Lipinski definition) is 4. The maximum atomic E-state index is 11.4. The van der Waals surface area contributed by atoms with E-state index in [1.54, 1.807) is 19.2 Å². The number of carbonyl (C=O) groups is 1. The second kappa shape index (κ2) is 3.61. The van der Waals surface area contributed by atoms with Crippen LogP contribution >= 0.6 is 0 Å². The zero-order valence-electron chi connectivity index (χ0n) is 8.15. The average Bonchev–Trinajstić information content (AvgIpc) is 2.63. The molecule has 0 bridgehead atoms. The minimum Gasteiger partial charge on any atom is -0.505 e. The van der Waals surface area contributed by atoms with E-state index in [0.717, 1.165) is 0 Å². The molecule has 0 fully saturated rings. The lowest BCUT2D eigenvalue weighted by Crippen LogP contribution is -2.07. The first-order chi connectivity index (χ1) is 7.22. The van der Waals surface area contributed by atoms with E-state index in [1.807, 2.05) is 0 Å². The number of nitrogens with one attached hydrogen (secondary N) is 1. The lowest BCUT2D eigenvalue weighted by Gasteiger charge is -2.03. The number of pyridine rings is 1. The van der Waals surface area contributed by atoms with Crippen molar-refractivity contribution in [1.82, 2.24) is 9.97 Å². The molecule has 0 atom stereocenters. The largest absolute Gasteiger partial charge is 0.505 e. The summed E-state index contributed by atoms with van der Waals surface area (Å²) >= 11 is 0. The number of carbonyl (C=O) groups excluding carboxylic acids is 1. The minimum atomic E-state index is -0.613. The highest BCUT2D eigenvalue weighted by atomic mass is 16.5. The number of rotatable bonds is 2. The molecule has 0 spiro atoms. The fraction of sp³-hybridized carbons (Fsp3) is 0.200. The lowest BCUT2D eigenvalue weighted by molar-refractivity contribution is 0.0516. The van der Waals surface area contributed by atoms with Gasteiger partial charge >= 0.3 is 5.97 Å². The van der Waals surface area contributed by atoms with E-state index < -0.39 is 5.97 Å². The van der Waals surface area contributed by atoms with Gasteiger partial charge in [-0.2, -0.15) is 0 Å². The molecule has 0 unspecified atom stereocenters. The van der Waals surface area contributed by atoms with Crippen molar-refractivity contribution in [2.45, 2.75) is 6.92 Å². The summed E-state index contributed by atoms with van der Waals surface area (Å²) in [6, 6.07) is 3.17. The van der Waals surface area contributed by atoms with Crippen LogP contribution in [0.2, 0.25) is 0 Å². The molecule has 2 N–H and O–H groups in total. The highest BCUT2D eigenvalue weighted by Gasteiger charge is 2.15. The number of hydrogen-bond donors (Lipinski definition) is 2. The summed E-state index contributed by atoms with van der Waals surface area (Å²) in [5, 5.41) is 9.54. The Morgan fingerprint density at radius 1 is 1.67 bits per heavy atom. The van der Waals surface area contributed by atoms with Crippen LogP contribution in [0.3, 0.4) is 0 Å². The van der Waals surface area contributed by atoms with E-state index in [4.69, 9.17) is 4.74 Å². The van der Waals surface area contributed by atoms with Crippen molar-refractivity contribution in [1.29, 1.82) is 0 Å². The molecule has 0 aliphatic rings. The number of aromatic nitrogens is 2. The van der Waals surface area contributed by atoms with Crippen molar-refractivity contribution in [2.75, 3.05) is 6.61 Å². The van der Waals surface area contributed by atoms with E-state index >= 15 is 0 Å². The molecular formula is C10H10N2O3. The molecule has 5 nitrogen and oxygen atoms in total. The Hall–Kier alpha value is -2.04. The van der Waals surface area contributed by atoms with Crippen molar-refractivity contribution >= 4 is 17.0 Å². The van der Waals surface area contributed by atoms with Gasteiger partial charge < -0.3 is 14.8 Å². The third kappa shape index (κ3) is 1.63. The van der Waals surface area contributed by atoms with E-state index in [-0.39, 0.29) is 18.1 Å². The first kappa shape index (κ1) is 9.51. The van der Waals surface area contributed by atoms with E-state index in [2.05, 4.69) is 9.97 Å². The Bertz CT molecular complexity index is 504. The number of aromatic hydroxyl groups is 1. The second-order valence-corrected chi connectivity index (χ2v) is 2.99. The summed E-state index contributed by atoms with van der Waals surface area (Å²) in [5.74, 6) is -0.790. The summed E-state index contributed by atoms with van der Waals surface area (Å²) in [7, 11) is 0. The van der Waals surface area contributed by atoms with Crippen LogP contribution in [0.5, 0.6) is 5.75 Å². The highest BCUT2D eigenvalue weighted by molar-refractivity contribution is 5.93. The SMILES string of the molecule is CCOC(=O)c1nc2cc[nH]c2cc1O. The standard InChI is InChI=1S/C10H10N2O3/c1-2-15-10(14)9-8(13)5-7-6(12-9)3-4-11-7/h3-5,11,13H,2H2,1H3. The van der Waals surface area contributed by atoms with Gasteiger partial charge in [0.15, 0.2) is 11.4 Å². The van der Waals surface area contributed by atoms with Crippen molar-refractivity contribution in [3.63, 3.8) is 0 Å². The van der Waals surface area contributed by atoms with Crippen LogP contribution in [0.15, 0.2) is 18.3 Å². The van der Waals surface area contributed by atoms with Crippen molar-refractivity contribution in [3.05, 3.63) is 24.0 Å². The zero-order chi connectivity index (χ0) is 10.8. The molecule has 0 aromatic carbocycles. The Labute approximate surface area is 85.7 Å². The fourth-order valence-corrected chi connectivity index (χ4v) is 1.32. The number of esters is 1. The van der Waals surface area contributed by atoms with Gasteiger partial charge in [0, 0.05) is 12.3 Å². The third-order valence-electron chi connectivity index (χ3n) is 1.98. The van der Waals surface area contributed by atoms with Gasteiger partial charge in [-0.05, 0) is 13.0 Å². The van der Waals surface area contributed by atoms with Gasteiger partial charge in [-0.3, -0.25) is 0 Å². The highest BCUT2D eigenvalue weighted by Crippen LogP contribution is 2.21. The van der Waals surface area contributed by atoms with Gasteiger partial charge in [-0.1, -0.05) is 0 Å². The monoisotopic (exact) mass is 206 g/mol. The Balaban J connectivity index is 2.50. The Kier molecular flexibility index (Phi) is 2.29. The van der Waals surface area contributed by atoms with Gasteiger partial charge in [-0.15, -0.1) is 0 Å². The van der Waals surface area contributed by atoms with Crippen LogP contribution in [0.4, 0.5) is 0 Å². The van der Waals surface area contributed by atoms with E-state index in [0.29, 0.717) is 11.0 Å². The third-order valence-corrected chi connectivity index (χ3v) is 1.98. The van der Waals surface area contributed by atoms with Gasteiger partial charge in [0.1, 0.15) is 0 Å². The number of H-pyrrole nitrogens is 1. The van der Waals surface area contributed by atoms with Crippen LogP contribution < -0.4 is 0 Å². The molecule has 2 heterocycles. The predicted molar refractivity (Wildman–Crippen MR) is 53.7 cm³/mol. The van der Waals surface area contributed by atoms with Crippen LogP contribution in [-0.2, 0) is 4.74 Å². The van der Waals surface area contributed by atoms with Crippen LogP contribution in [0, 0.1) is 0 Å². The summed E-state index contributed by atoms with van der Waals surface area (Å²) in [6.07, 6.45) is 1.69. The molecule has 0 radical (unpaired) electrons. The molecule has 0 amide bonds. The average molecular weight is 206 g/mol. The van der Waals surface area contributed by atoms with Crippen LogP contribution in [-0.4, -0.2) is 27.7 Å². The number of aromatic amines is 1. The van der Waals surface area contributed by atoms with Crippen molar-refractivity contribution < 1.29 is 14.6 Å². The normalized spacial score (nSPS) is 10.5. The molecule has 2 rings (SSSR count). The number of ether oxygens (including phenoxy) is 1. The molecule has 0 saturated heterocycles. The van der Waals surface area contributed by atoms with Gasteiger partial charge in [0.25, 0.3) is 0 Å². The summed E-state index contributed by atoms with van der Waals surface area (Å²) in [4.78, 5) is 18.3. The van der Waals surface area contributed by atoms with E-state index in [1.165, 1.54) is 6.07 Å². The zero-order valence-corrected chi connectivity index (χ0v) is 8.15. The molecule has 15 heavy (non-hydrogen) atoms. The van der Waals surface area contributed by atoms with Gasteiger partial charge in [0.05, 0.1) is 17.6 Å². The predicted octanol–water partition coefficient (Wildman–Crippen LogP) is 1.45. The molecule has 5 heteroatoms. The van der Waals surface area contributed by atoms with Crippen LogP contribution in [0.25, 0.3) is 11.0 Å². The molecule has 2 aromatic heterocycles. The maximum absolute atomic E-state index is 11.4.